The highest BCUT2D eigenvalue weighted by atomic mass is 16.6. The third-order valence-electron chi connectivity index (χ3n) is 1.37. The molecule has 0 saturated carbocycles. The zero-order chi connectivity index (χ0) is 12.1. The van der Waals surface area contributed by atoms with E-state index < -0.39 is 23.6 Å². The summed E-state index contributed by atoms with van der Waals surface area (Å²) in [6.45, 7) is 10.1. The van der Waals surface area contributed by atoms with Gasteiger partial charge in [0.25, 0.3) is 0 Å². The number of carbonyl (C=O) groups excluding carboxylic acids is 2. The molecule has 0 radical (unpaired) electrons. The summed E-state index contributed by atoms with van der Waals surface area (Å²) in [6.07, 6.45) is 0.795. The fraction of sp³-hybridized carbons (Fsp3) is 0.636. The highest BCUT2D eigenvalue weighted by Crippen LogP contribution is 2.10. The average Bonchev–Trinajstić information content (AvgIpc) is 1.98. The Morgan fingerprint density at radius 2 is 1.93 bits per heavy atom. The fourth-order valence-electron chi connectivity index (χ4n) is 0.934. The zero-order valence-electron chi connectivity index (χ0n) is 9.70. The maximum absolute atomic E-state index is 11.3. The SMILES string of the molecule is C=C[C@@H](CC(=O)OC(C)(C)C)OC(C)=O. The van der Waals surface area contributed by atoms with Crippen molar-refractivity contribution in [2.45, 2.75) is 45.8 Å². The number of esters is 2. The lowest BCUT2D eigenvalue weighted by Crippen LogP contribution is -2.27. The molecule has 0 rings (SSSR count). The van der Waals surface area contributed by atoms with Gasteiger partial charge in [-0.1, -0.05) is 12.7 Å². The second-order valence-corrected chi connectivity index (χ2v) is 4.17. The predicted molar refractivity (Wildman–Crippen MR) is 56.2 cm³/mol. The number of hydrogen-bond donors (Lipinski definition) is 0. The van der Waals surface area contributed by atoms with Gasteiger partial charge in [-0.3, -0.25) is 9.59 Å². The lowest BCUT2D eigenvalue weighted by Gasteiger charge is -2.21. The summed E-state index contributed by atoms with van der Waals surface area (Å²) in [7, 11) is 0. The summed E-state index contributed by atoms with van der Waals surface area (Å²) in [5.74, 6) is -0.850. The Morgan fingerprint density at radius 1 is 1.40 bits per heavy atom. The van der Waals surface area contributed by atoms with Gasteiger partial charge in [0.15, 0.2) is 0 Å². The monoisotopic (exact) mass is 214 g/mol. The van der Waals surface area contributed by atoms with Crippen LogP contribution in [-0.2, 0) is 19.1 Å². The molecule has 0 heterocycles. The van der Waals surface area contributed by atoms with Gasteiger partial charge in [0, 0.05) is 6.92 Å². The van der Waals surface area contributed by atoms with Crippen molar-refractivity contribution >= 4 is 11.9 Å². The Morgan fingerprint density at radius 3 is 2.27 bits per heavy atom. The minimum absolute atomic E-state index is 0.000347. The molecule has 0 aliphatic rings. The fourth-order valence-corrected chi connectivity index (χ4v) is 0.934. The topological polar surface area (TPSA) is 52.6 Å². The molecule has 0 unspecified atom stereocenters. The van der Waals surface area contributed by atoms with Crippen LogP contribution in [0.5, 0.6) is 0 Å². The van der Waals surface area contributed by atoms with Gasteiger partial charge >= 0.3 is 11.9 Å². The smallest absolute Gasteiger partial charge is 0.310 e. The molecule has 0 saturated heterocycles. The van der Waals surface area contributed by atoms with Crippen LogP contribution in [0.1, 0.15) is 34.1 Å². The third kappa shape index (κ3) is 7.73. The molecule has 0 aliphatic carbocycles. The van der Waals surface area contributed by atoms with Crippen LogP contribution >= 0.6 is 0 Å². The van der Waals surface area contributed by atoms with Crippen molar-refractivity contribution in [3.8, 4) is 0 Å². The predicted octanol–water partition coefficient (Wildman–Crippen LogP) is 1.84. The highest BCUT2D eigenvalue weighted by molar-refractivity contribution is 5.72. The minimum Gasteiger partial charge on any atom is -0.460 e. The average molecular weight is 214 g/mol. The van der Waals surface area contributed by atoms with Gasteiger partial charge < -0.3 is 9.47 Å². The quantitative estimate of drug-likeness (QED) is 0.529. The van der Waals surface area contributed by atoms with Gasteiger partial charge in [-0.05, 0) is 20.8 Å². The molecule has 0 aliphatic heterocycles. The van der Waals surface area contributed by atoms with Gasteiger partial charge in [-0.15, -0.1) is 0 Å². The van der Waals surface area contributed by atoms with Crippen molar-refractivity contribution in [2.75, 3.05) is 0 Å². The summed E-state index contributed by atoms with van der Waals surface area (Å²) < 4.78 is 9.90. The van der Waals surface area contributed by atoms with Gasteiger partial charge in [0.1, 0.15) is 11.7 Å². The number of rotatable bonds is 4. The van der Waals surface area contributed by atoms with E-state index in [2.05, 4.69) is 6.58 Å². The zero-order valence-corrected chi connectivity index (χ0v) is 9.70. The van der Waals surface area contributed by atoms with Crippen LogP contribution in [0.4, 0.5) is 0 Å². The molecular weight excluding hydrogens is 196 g/mol. The van der Waals surface area contributed by atoms with E-state index in [0.29, 0.717) is 0 Å². The summed E-state index contributed by atoms with van der Waals surface area (Å²) >= 11 is 0. The maximum Gasteiger partial charge on any atom is 0.310 e. The first-order chi connectivity index (χ1) is 6.74. The maximum atomic E-state index is 11.3. The molecular formula is C11H18O4. The van der Waals surface area contributed by atoms with Gasteiger partial charge in [0.05, 0.1) is 6.42 Å². The van der Waals surface area contributed by atoms with E-state index in [1.807, 2.05) is 0 Å². The van der Waals surface area contributed by atoms with E-state index in [1.54, 1.807) is 20.8 Å². The largest absolute Gasteiger partial charge is 0.460 e. The summed E-state index contributed by atoms with van der Waals surface area (Å²) in [5.41, 5.74) is -0.529. The molecule has 0 N–H and O–H groups in total. The van der Waals surface area contributed by atoms with Crippen molar-refractivity contribution in [2.24, 2.45) is 0 Å². The standard InChI is InChI=1S/C11H18O4/c1-6-9(14-8(2)12)7-10(13)15-11(3,4)5/h6,9H,1,7H2,2-5H3/t9-/m0/s1. The summed E-state index contributed by atoms with van der Waals surface area (Å²) in [5, 5.41) is 0. The molecule has 0 bridgehead atoms. The minimum atomic E-state index is -0.614. The second kappa shape index (κ2) is 5.53. The Balaban J connectivity index is 4.13. The van der Waals surface area contributed by atoms with E-state index in [1.165, 1.54) is 13.0 Å². The Kier molecular flexibility index (Phi) is 5.05. The summed E-state index contributed by atoms with van der Waals surface area (Å²) in [6, 6.07) is 0. The Bertz CT molecular complexity index is 250. The number of ether oxygens (including phenoxy) is 2. The van der Waals surface area contributed by atoms with E-state index >= 15 is 0 Å². The molecule has 4 nitrogen and oxygen atoms in total. The molecule has 1 atom stereocenters. The van der Waals surface area contributed by atoms with Crippen LogP contribution in [0.25, 0.3) is 0 Å². The van der Waals surface area contributed by atoms with Gasteiger partial charge in [0.2, 0.25) is 0 Å². The van der Waals surface area contributed by atoms with Crippen molar-refractivity contribution in [1.29, 1.82) is 0 Å². The van der Waals surface area contributed by atoms with Crippen molar-refractivity contribution in [1.82, 2.24) is 0 Å². The number of carbonyl (C=O) groups is 2. The van der Waals surface area contributed by atoms with E-state index in [-0.39, 0.29) is 6.42 Å². The molecule has 0 aromatic rings. The van der Waals surface area contributed by atoms with Crippen molar-refractivity contribution in [3.05, 3.63) is 12.7 Å². The molecule has 4 heteroatoms. The third-order valence-corrected chi connectivity index (χ3v) is 1.37. The van der Waals surface area contributed by atoms with E-state index in [9.17, 15) is 9.59 Å². The van der Waals surface area contributed by atoms with Crippen LogP contribution < -0.4 is 0 Å². The lowest BCUT2D eigenvalue weighted by molar-refractivity contribution is -0.159. The van der Waals surface area contributed by atoms with Crippen LogP contribution in [0.3, 0.4) is 0 Å². The Hall–Kier alpha value is -1.32. The van der Waals surface area contributed by atoms with Crippen LogP contribution in [-0.4, -0.2) is 23.6 Å². The Labute approximate surface area is 90.2 Å². The second-order valence-electron chi connectivity index (χ2n) is 4.17. The number of hydrogen-bond acceptors (Lipinski definition) is 4. The summed E-state index contributed by atoms with van der Waals surface area (Å²) in [4.78, 5) is 22.0. The first-order valence-corrected chi connectivity index (χ1v) is 4.76. The van der Waals surface area contributed by atoms with Gasteiger partial charge in [-0.25, -0.2) is 0 Å². The molecule has 86 valence electrons. The van der Waals surface area contributed by atoms with Gasteiger partial charge in [-0.2, -0.15) is 0 Å². The lowest BCUT2D eigenvalue weighted by atomic mass is 10.2. The molecule has 0 amide bonds. The van der Waals surface area contributed by atoms with E-state index in [0.717, 1.165) is 0 Å². The molecule has 15 heavy (non-hydrogen) atoms. The van der Waals surface area contributed by atoms with Crippen LogP contribution in [0.15, 0.2) is 12.7 Å². The van der Waals surface area contributed by atoms with Crippen LogP contribution in [0, 0.1) is 0 Å². The van der Waals surface area contributed by atoms with Crippen molar-refractivity contribution in [3.63, 3.8) is 0 Å². The normalized spacial score (nSPS) is 12.8. The molecule has 0 fully saturated rings. The highest BCUT2D eigenvalue weighted by Gasteiger charge is 2.20. The molecule has 0 spiro atoms. The molecule has 0 aromatic heterocycles. The van der Waals surface area contributed by atoms with Crippen molar-refractivity contribution < 1.29 is 19.1 Å². The van der Waals surface area contributed by atoms with E-state index in [4.69, 9.17) is 9.47 Å². The molecule has 0 aromatic carbocycles. The first kappa shape index (κ1) is 13.7. The van der Waals surface area contributed by atoms with Crippen LogP contribution in [0.2, 0.25) is 0 Å². The first-order valence-electron chi connectivity index (χ1n) is 4.76.